The molecule has 1 aliphatic heterocycles. The Balaban J connectivity index is 1.49. The van der Waals surface area contributed by atoms with Crippen molar-refractivity contribution >= 4 is 50.6 Å². The van der Waals surface area contributed by atoms with E-state index < -0.39 is 9.84 Å². The second kappa shape index (κ2) is 9.30. The lowest BCUT2D eigenvalue weighted by molar-refractivity contribution is 0.0953. The largest absolute Gasteiger partial charge is 0.351 e. The van der Waals surface area contributed by atoms with Gasteiger partial charge < -0.3 is 5.32 Å². The first-order valence-electron chi connectivity index (χ1n) is 8.38. The molecular weight excluding hydrogens is 406 g/mol. The van der Waals surface area contributed by atoms with Gasteiger partial charge in [0.25, 0.3) is 5.91 Å². The molecule has 0 spiro atoms. The minimum atomic E-state index is -2.91. The Labute approximate surface area is 167 Å². The summed E-state index contributed by atoms with van der Waals surface area (Å²) in [6.07, 6.45) is 0.655. The average molecular weight is 428 g/mol. The molecule has 0 radical (unpaired) electrons. The molecule has 1 saturated heterocycles. The van der Waals surface area contributed by atoms with Gasteiger partial charge in [0.2, 0.25) is 0 Å². The number of hydrogen-bond donors (Lipinski definition) is 1. The fourth-order valence-electron chi connectivity index (χ4n) is 2.69. The molecular formula is C18H21NO3S4. The number of benzene rings is 1. The Hall–Kier alpha value is -0.960. The zero-order chi connectivity index (χ0) is 18.4. The van der Waals surface area contributed by atoms with Gasteiger partial charge in [0.15, 0.2) is 9.84 Å². The van der Waals surface area contributed by atoms with Gasteiger partial charge in [0.1, 0.15) is 0 Å². The molecule has 3 rings (SSSR count). The number of rotatable bonds is 8. The zero-order valence-electron chi connectivity index (χ0n) is 14.2. The topological polar surface area (TPSA) is 63.2 Å². The number of thioether (sulfide) groups is 2. The number of thiophene rings is 1. The van der Waals surface area contributed by atoms with Crippen LogP contribution in [0.25, 0.3) is 0 Å². The normalized spacial score (nSPS) is 18.7. The SMILES string of the molecule is O=C(NCCSCc1cccs1)c1ccccc1S[C@H]1CCS(=O)(=O)C1. The third-order valence-corrected chi connectivity index (χ3v) is 9.36. The average Bonchev–Trinajstić information content (AvgIpc) is 3.24. The molecule has 2 heterocycles. The van der Waals surface area contributed by atoms with E-state index in [1.54, 1.807) is 29.2 Å². The van der Waals surface area contributed by atoms with E-state index >= 15 is 0 Å². The summed E-state index contributed by atoms with van der Waals surface area (Å²) in [6, 6.07) is 11.6. The van der Waals surface area contributed by atoms with Crippen LogP contribution in [0.2, 0.25) is 0 Å². The molecule has 1 aliphatic rings. The van der Waals surface area contributed by atoms with Crippen molar-refractivity contribution in [3.63, 3.8) is 0 Å². The van der Waals surface area contributed by atoms with Crippen molar-refractivity contribution in [1.82, 2.24) is 5.32 Å². The van der Waals surface area contributed by atoms with Gasteiger partial charge in [-0.2, -0.15) is 11.8 Å². The molecule has 1 amide bonds. The van der Waals surface area contributed by atoms with E-state index in [0.717, 1.165) is 16.4 Å². The highest BCUT2D eigenvalue weighted by Crippen LogP contribution is 2.33. The second-order valence-corrected chi connectivity index (χ2v) is 11.7. The maximum atomic E-state index is 12.5. The van der Waals surface area contributed by atoms with Gasteiger partial charge in [-0.05, 0) is 30.0 Å². The van der Waals surface area contributed by atoms with Gasteiger partial charge in [-0.1, -0.05) is 18.2 Å². The first kappa shape index (κ1) is 19.8. The molecule has 0 unspecified atom stereocenters. The maximum Gasteiger partial charge on any atom is 0.252 e. The number of carbonyl (C=O) groups is 1. The van der Waals surface area contributed by atoms with Crippen LogP contribution in [0.5, 0.6) is 0 Å². The van der Waals surface area contributed by atoms with Gasteiger partial charge in [-0.15, -0.1) is 23.1 Å². The van der Waals surface area contributed by atoms with Crippen LogP contribution in [0, 0.1) is 0 Å². The molecule has 1 aromatic heterocycles. The number of hydrogen-bond acceptors (Lipinski definition) is 6. The van der Waals surface area contributed by atoms with Crippen LogP contribution >= 0.6 is 34.9 Å². The molecule has 1 fully saturated rings. The van der Waals surface area contributed by atoms with Crippen molar-refractivity contribution in [3.05, 3.63) is 52.2 Å². The molecule has 0 aliphatic carbocycles. The number of carbonyl (C=O) groups excluding carboxylic acids is 1. The number of nitrogens with one attached hydrogen (secondary N) is 1. The second-order valence-electron chi connectivity index (χ2n) is 6.03. The zero-order valence-corrected chi connectivity index (χ0v) is 17.5. The van der Waals surface area contributed by atoms with E-state index in [-0.39, 0.29) is 22.7 Å². The third-order valence-electron chi connectivity index (χ3n) is 3.97. The van der Waals surface area contributed by atoms with Crippen LogP contribution in [0.3, 0.4) is 0 Å². The van der Waals surface area contributed by atoms with Crippen LogP contribution in [0.15, 0.2) is 46.7 Å². The summed E-state index contributed by atoms with van der Waals surface area (Å²) in [6.45, 7) is 0.617. The lowest BCUT2D eigenvalue weighted by Crippen LogP contribution is -2.26. The quantitative estimate of drug-likeness (QED) is 0.651. The molecule has 0 saturated carbocycles. The summed E-state index contributed by atoms with van der Waals surface area (Å²) in [4.78, 5) is 14.7. The Kier molecular flexibility index (Phi) is 7.08. The van der Waals surface area contributed by atoms with Crippen LogP contribution in [-0.2, 0) is 15.6 Å². The Morgan fingerprint density at radius 2 is 2.08 bits per heavy atom. The van der Waals surface area contributed by atoms with Gasteiger partial charge in [0.05, 0.1) is 17.1 Å². The van der Waals surface area contributed by atoms with Gasteiger partial charge in [-0.25, -0.2) is 8.42 Å². The summed E-state index contributed by atoms with van der Waals surface area (Å²) in [5, 5.41) is 5.08. The Morgan fingerprint density at radius 1 is 1.23 bits per heavy atom. The van der Waals surface area contributed by atoms with Crippen LogP contribution in [0.1, 0.15) is 21.7 Å². The summed E-state index contributed by atoms with van der Waals surface area (Å²) in [5.74, 6) is 2.19. The van der Waals surface area contributed by atoms with E-state index in [0.29, 0.717) is 18.5 Å². The van der Waals surface area contributed by atoms with Crippen molar-refractivity contribution in [2.75, 3.05) is 23.8 Å². The van der Waals surface area contributed by atoms with Crippen molar-refractivity contribution in [2.24, 2.45) is 0 Å². The minimum absolute atomic E-state index is 0.0373. The number of sulfone groups is 1. The Morgan fingerprint density at radius 3 is 2.81 bits per heavy atom. The van der Waals surface area contributed by atoms with Crippen molar-refractivity contribution in [1.29, 1.82) is 0 Å². The summed E-state index contributed by atoms with van der Waals surface area (Å²) >= 11 is 5.06. The summed E-state index contributed by atoms with van der Waals surface area (Å²) in [5.41, 5.74) is 0.630. The van der Waals surface area contributed by atoms with Gasteiger partial charge in [-0.3, -0.25) is 4.79 Å². The molecule has 26 heavy (non-hydrogen) atoms. The van der Waals surface area contributed by atoms with Crippen molar-refractivity contribution in [2.45, 2.75) is 22.3 Å². The van der Waals surface area contributed by atoms with Crippen LogP contribution < -0.4 is 5.32 Å². The monoisotopic (exact) mass is 427 g/mol. The molecule has 2 aromatic rings. The van der Waals surface area contributed by atoms with Gasteiger partial charge >= 0.3 is 0 Å². The van der Waals surface area contributed by atoms with Crippen molar-refractivity contribution in [3.8, 4) is 0 Å². The van der Waals surface area contributed by atoms with E-state index in [4.69, 9.17) is 0 Å². The van der Waals surface area contributed by atoms with E-state index in [2.05, 4.69) is 16.8 Å². The van der Waals surface area contributed by atoms with E-state index in [1.165, 1.54) is 16.6 Å². The molecule has 1 atom stereocenters. The highest BCUT2D eigenvalue weighted by Gasteiger charge is 2.29. The molecule has 8 heteroatoms. The lowest BCUT2D eigenvalue weighted by Gasteiger charge is -2.12. The first-order chi connectivity index (χ1) is 12.5. The standard InChI is InChI=1S/C18H21NO3S4/c20-18(19-8-10-23-12-14-4-3-9-24-14)16-5-1-2-6-17(16)25-15-7-11-26(21,22)13-15/h1-6,9,15H,7-8,10-13H2,(H,19,20)/t15-/m0/s1. The highest BCUT2D eigenvalue weighted by atomic mass is 32.2. The first-order valence-corrected chi connectivity index (χ1v) is 13.1. The van der Waals surface area contributed by atoms with Gasteiger partial charge in [0, 0.05) is 33.1 Å². The highest BCUT2D eigenvalue weighted by molar-refractivity contribution is 8.02. The molecule has 140 valence electrons. The third kappa shape index (κ3) is 5.77. The van der Waals surface area contributed by atoms with Crippen LogP contribution in [-0.4, -0.2) is 43.4 Å². The predicted octanol–water partition coefficient (Wildman–Crippen LogP) is 3.69. The summed E-state index contributed by atoms with van der Waals surface area (Å²) in [7, 11) is -2.91. The van der Waals surface area contributed by atoms with Crippen molar-refractivity contribution < 1.29 is 13.2 Å². The number of amides is 1. The smallest absolute Gasteiger partial charge is 0.252 e. The Bertz CT molecular complexity index is 834. The maximum absolute atomic E-state index is 12.5. The fraction of sp³-hybridized carbons (Fsp3) is 0.389. The molecule has 1 N–H and O–H groups in total. The van der Waals surface area contributed by atoms with Crippen LogP contribution in [0.4, 0.5) is 0 Å². The molecule has 1 aromatic carbocycles. The van der Waals surface area contributed by atoms with E-state index in [1.807, 2.05) is 24.3 Å². The fourth-order valence-corrected chi connectivity index (χ4v) is 8.02. The molecule has 0 bridgehead atoms. The van der Waals surface area contributed by atoms with E-state index in [9.17, 15) is 13.2 Å². The lowest BCUT2D eigenvalue weighted by atomic mass is 10.2. The molecule has 4 nitrogen and oxygen atoms in total. The minimum Gasteiger partial charge on any atom is -0.351 e. The summed E-state index contributed by atoms with van der Waals surface area (Å²) < 4.78 is 23.3. The predicted molar refractivity (Wildman–Crippen MR) is 112 cm³/mol.